The third-order valence-electron chi connectivity index (χ3n) is 5.00. The largest absolute Gasteiger partial charge is 0.376 e. The van der Waals surface area contributed by atoms with Crippen molar-refractivity contribution in [3.63, 3.8) is 0 Å². The molecule has 0 saturated carbocycles. The Balaban J connectivity index is 1.66. The second-order valence-electron chi connectivity index (χ2n) is 7.04. The highest BCUT2D eigenvalue weighted by Crippen LogP contribution is 2.19. The van der Waals surface area contributed by atoms with Gasteiger partial charge in [0, 0.05) is 34.8 Å². The van der Waals surface area contributed by atoms with Gasteiger partial charge in [-0.25, -0.2) is 0 Å². The van der Waals surface area contributed by atoms with Crippen LogP contribution < -0.4 is 5.56 Å². The number of fused-ring (bicyclic) bond motifs is 1. The summed E-state index contributed by atoms with van der Waals surface area (Å²) in [5, 5.41) is 1.44. The Bertz CT molecular complexity index is 1060. The molecular formula is C22H21ClN2O3. The second kappa shape index (κ2) is 8.17. The molecule has 1 aliphatic rings. The fourth-order valence-electron chi connectivity index (χ4n) is 3.57. The highest BCUT2D eigenvalue weighted by atomic mass is 35.5. The molecule has 1 fully saturated rings. The summed E-state index contributed by atoms with van der Waals surface area (Å²) < 4.78 is 5.73. The quantitative estimate of drug-likeness (QED) is 0.709. The highest BCUT2D eigenvalue weighted by Gasteiger charge is 2.24. The van der Waals surface area contributed by atoms with Gasteiger partial charge in [-0.15, -0.1) is 0 Å². The Labute approximate surface area is 167 Å². The van der Waals surface area contributed by atoms with Crippen LogP contribution in [0.4, 0.5) is 0 Å². The van der Waals surface area contributed by atoms with Gasteiger partial charge < -0.3 is 14.6 Å². The fraction of sp³-hybridized carbons (Fsp3) is 0.273. The van der Waals surface area contributed by atoms with Crippen LogP contribution in [-0.4, -0.2) is 35.0 Å². The molecule has 5 nitrogen and oxygen atoms in total. The average Bonchev–Trinajstić information content (AvgIpc) is 3.20. The standard InChI is InChI=1S/C22H21ClN2O3/c23-18-7-3-6-16(12-18)22(27)25(14-19-8-4-10-28-19)13-17-11-15-5-1-2-9-20(15)24-21(17)26/h1-3,5-7,9,11-12,19H,4,8,10,13-14H2,(H,24,26)/t19-/m1/s1. The summed E-state index contributed by atoms with van der Waals surface area (Å²) in [6.07, 6.45) is 1.89. The number of rotatable bonds is 5. The second-order valence-corrected chi connectivity index (χ2v) is 7.48. The molecule has 0 unspecified atom stereocenters. The van der Waals surface area contributed by atoms with Gasteiger partial charge >= 0.3 is 0 Å². The van der Waals surface area contributed by atoms with Crippen LogP contribution in [-0.2, 0) is 11.3 Å². The van der Waals surface area contributed by atoms with E-state index in [9.17, 15) is 9.59 Å². The Morgan fingerprint density at radius 1 is 1.18 bits per heavy atom. The minimum atomic E-state index is -0.185. The van der Waals surface area contributed by atoms with E-state index in [2.05, 4.69) is 4.98 Å². The monoisotopic (exact) mass is 396 g/mol. The van der Waals surface area contributed by atoms with Crippen LogP contribution in [0, 0.1) is 0 Å². The van der Waals surface area contributed by atoms with Gasteiger partial charge in [-0.3, -0.25) is 9.59 Å². The van der Waals surface area contributed by atoms with Crippen LogP contribution in [0.1, 0.15) is 28.8 Å². The zero-order valence-electron chi connectivity index (χ0n) is 15.4. The lowest BCUT2D eigenvalue weighted by molar-refractivity contribution is 0.0506. The first-order chi connectivity index (χ1) is 13.6. The molecule has 1 saturated heterocycles. The zero-order chi connectivity index (χ0) is 19.5. The first-order valence-corrected chi connectivity index (χ1v) is 9.75. The van der Waals surface area contributed by atoms with E-state index in [4.69, 9.17) is 16.3 Å². The maximum atomic E-state index is 13.2. The van der Waals surface area contributed by atoms with Crippen molar-refractivity contribution in [1.29, 1.82) is 0 Å². The third-order valence-corrected chi connectivity index (χ3v) is 5.23. The van der Waals surface area contributed by atoms with Crippen LogP contribution >= 0.6 is 11.6 Å². The summed E-state index contributed by atoms with van der Waals surface area (Å²) in [6.45, 7) is 1.36. The number of nitrogens with one attached hydrogen (secondary N) is 1. The first kappa shape index (κ1) is 18.7. The summed E-state index contributed by atoms with van der Waals surface area (Å²) in [6, 6.07) is 16.3. The van der Waals surface area contributed by atoms with Gasteiger partial charge in [0.1, 0.15) is 0 Å². The van der Waals surface area contributed by atoms with E-state index in [0.717, 1.165) is 23.7 Å². The number of halogens is 1. The van der Waals surface area contributed by atoms with E-state index < -0.39 is 0 Å². The van der Waals surface area contributed by atoms with Crippen LogP contribution in [0.5, 0.6) is 0 Å². The van der Waals surface area contributed by atoms with E-state index >= 15 is 0 Å². The predicted octanol–water partition coefficient (Wildman–Crippen LogP) is 4.00. The van der Waals surface area contributed by atoms with Crippen LogP contribution in [0.3, 0.4) is 0 Å². The van der Waals surface area contributed by atoms with Crippen molar-refractivity contribution in [1.82, 2.24) is 9.88 Å². The molecule has 1 aliphatic heterocycles. The number of H-pyrrole nitrogens is 1. The van der Waals surface area contributed by atoms with Gasteiger partial charge in [-0.05, 0) is 48.6 Å². The number of carbonyl (C=O) groups excluding carboxylic acids is 1. The molecule has 144 valence electrons. The van der Waals surface area contributed by atoms with Crippen LogP contribution in [0.15, 0.2) is 59.4 Å². The number of nitrogens with zero attached hydrogens (tertiary/aromatic N) is 1. The van der Waals surface area contributed by atoms with Crippen molar-refractivity contribution in [3.8, 4) is 0 Å². The molecule has 1 aromatic heterocycles. The number of aromatic amines is 1. The summed E-state index contributed by atoms with van der Waals surface area (Å²) in [5.41, 5.74) is 1.65. The maximum Gasteiger partial charge on any atom is 0.254 e. The molecule has 1 atom stereocenters. The number of para-hydroxylation sites is 1. The molecule has 1 N–H and O–H groups in total. The van der Waals surface area contributed by atoms with Crippen molar-refractivity contribution in [2.45, 2.75) is 25.5 Å². The molecule has 0 bridgehead atoms. The van der Waals surface area contributed by atoms with E-state index in [1.165, 1.54) is 0 Å². The number of hydrogen-bond acceptors (Lipinski definition) is 3. The number of ether oxygens (including phenoxy) is 1. The molecule has 28 heavy (non-hydrogen) atoms. The van der Waals surface area contributed by atoms with Gasteiger partial charge in [0.2, 0.25) is 0 Å². The van der Waals surface area contributed by atoms with E-state index in [1.807, 2.05) is 30.3 Å². The van der Waals surface area contributed by atoms with Crippen molar-refractivity contribution in [2.24, 2.45) is 0 Å². The third kappa shape index (κ3) is 4.11. The van der Waals surface area contributed by atoms with Crippen LogP contribution in [0.2, 0.25) is 5.02 Å². The first-order valence-electron chi connectivity index (χ1n) is 9.37. The molecular weight excluding hydrogens is 376 g/mol. The number of aromatic nitrogens is 1. The summed E-state index contributed by atoms with van der Waals surface area (Å²) in [7, 11) is 0. The smallest absolute Gasteiger partial charge is 0.254 e. The lowest BCUT2D eigenvalue weighted by atomic mass is 10.1. The lowest BCUT2D eigenvalue weighted by Gasteiger charge is -2.25. The molecule has 1 amide bonds. The van der Waals surface area contributed by atoms with Gasteiger partial charge in [0.05, 0.1) is 12.6 Å². The number of carbonyl (C=O) groups is 1. The fourth-order valence-corrected chi connectivity index (χ4v) is 3.76. The minimum absolute atomic E-state index is 0.0114. The molecule has 0 radical (unpaired) electrons. The highest BCUT2D eigenvalue weighted by molar-refractivity contribution is 6.30. The Hall–Kier alpha value is -2.63. The van der Waals surface area contributed by atoms with E-state index in [-0.39, 0.29) is 24.1 Å². The molecule has 0 spiro atoms. The molecule has 2 aromatic carbocycles. The molecule has 6 heteroatoms. The zero-order valence-corrected chi connectivity index (χ0v) is 16.1. The minimum Gasteiger partial charge on any atom is -0.376 e. The van der Waals surface area contributed by atoms with Crippen molar-refractivity contribution < 1.29 is 9.53 Å². The molecule has 3 aromatic rings. The molecule has 2 heterocycles. The SMILES string of the molecule is O=C(c1cccc(Cl)c1)N(Cc1cc2ccccc2[nH]c1=O)C[C@H]1CCCO1. The van der Waals surface area contributed by atoms with Gasteiger partial charge in [0.25, 0.3) is 11.5 Å². The Morgan fingerprint density at radius 3 is 2.82 bits per heavy atom. The number of hydrogen-bond donors (Lipinski definition) is 1. The van der Waals surface area contributed by atoms with Crippen LogP contribution in [0.25, 0.3) is 10.9 Å². The number of benzene rings is 2. The van der Waals surface area contributed by atoms with Gasteiger partial charge in [0.15, 0.2) is 0 Å². The normalized spacial score (nSPS) is 16.4. The number of amides is 1. The molecule has 4 rings (SSSR count). The Kier molecular flexibility index (Phi) is 5.46. The Morgan fingerprint density at radius 2 is 2.04 bits per heavy atom. The van der Waals surface area contributed by atoms with E-state index in [1.54, 1.807) is 29.2 Å². The van der Waals surface area contributed by atoms with Crippen molar-refractivity contribution in [2.75, 3.05) is 13.2 Å². The molecule has 0 aliphatic carbocycles. The summed E-state index contributed by atoms with van der Waals surface area (Å²) in [5.74, 6) is -0.162. The van der Waals surface area contributed by atoms with Gasteiger partial charge in [-0.1, -0.05) is 35.9 Å². The average molecular weight is 397 g/mol. The number of pyridine rings is 1. The van der Waals surface area contributed by atoms with Gasteiger partial charge in [-0.2, -0.15) is 0 Å². The van der Waals surface area contributed by atoms with Crippen molar-refractivity contribution >= 4 is 28.4 Å². The summed E-state index contributed by atoms with van der Waals surface area (Å²) >= 11 is 6.06. The topological polar surface area (TPSA) is 62.4 Å². The van der Waals surface area contributed by atoms with Crippen molar-refractivity contribution in [3.05, 3.63) is 81.1 Å². The maximum absolute atomic E-state index is 13.2. The van der Waals surface area contributed by atoms with E-state index in [0.29, 0.717) is 29.3 Å². The lowest BCUT2D eigenvalue weighted by Crippen LogP contribution is -2.38. The predicted molar refractivity (Wildman–Crippen MR) is 110 cm³/mol. The summed E-state index contributed by atoms with van der Waals surface area (Å²) in [4.78, 5) is 30.3.